The minimum Gasteiger partial charge on any atom is -0.373 e. The maximum Gasteiger partial charge on any atom is 0.188 e. The van der Waals surface area contributed by atoms with Crippen molar-refractivity contribution in [1.82, 2.24) is 0 Å². The van der Waals surface area contributed by atoms with E-state index in [-0.39, 0.29) is 12.4 Å². The van der Waals surface area contributed by atoms with Crippen LogP contribution in [0.25, 0.3) is 0 Å². The SMILES string of the molecule is Cc1ccc(C(=O)COCCCC(C)C)cc1. The van der Waals surface area contributed by atoms with Gasteiger partial charge in [-0.05, 0) is 25.7 Å². The molecule has 0 aliphatic rings. The van der Waals surface area contributed by atoms with Gasteiger partial charge in [-0.1, -0.05) is 43.7 Å². The highest BCUT2D eigenvalue weighted by atomic mass is 16.5. The Balaban J connectivity index is 2.23. The highest BCUT2D eigenvalue weighted by molar-refractivity contribution is 5.97. The molecule has 94 valence electrons. The number of ketones is 1. The van der Waals surface area contributed by atoms with Crippen LogP contribution < -0.4 is 0 Å². The summed E-state index contributed by atoms with van der Waals surface area (Å²) in [5, 5.41) is 0. The lowest BCUT2D eigenvalue weighted by Crippen LogP contribution is -2.10. The third-order valence-corrected chi connectivity index (χ3v) is 2.68. The van der Waals surface area contributed by atoms with Gasteiger partial charge in [0.25, 0.3) is 0 Å². The van der Waals surface area contributed by atoms with Crippen molar-refractivity contribution in [1.29, 1.82) is 0 Å². The van der Waals surface area contributed by atoms with Crippen LogP contribution >= 0.6 is 0 Å². The smallest absolute Gasteiger partial charge is 0.188 e. The van der Waals surface area contributed by atoms with Crippen molar-refractivity contribution in [2.75, 3.05) is 13.2 Å². The summed E-state index contributed by atoms with van der Waals surface area (Å²) in [6.45, 7) is 7.27. The standard InChI is InChI=1S/C15H22O2/c1-12(2)5-4-10-17-11-15(16)14-8-6-13(3)7-9-14/h6-9,12H,4-5,10-11H2,1-3H3. The summed E-state index contributed by atoms with van der Waals surface area (Å²) >= 11 is 0. The van der Waals surface area contributed by atoms with E-state index in [9.17, 15) is 4.79 Å². The van der Waals surface area contributed by atoms with Gasteiger partial charge in [0.1, 0.15) is 6.61 Å². The second-order valence-electron chi connectivity index (χ2n) is 4.88. The van der Waals surface area contributed by atoms with Crippen LogP contribution in [0, 0.1) is 12.8 Å². The van der Waals surface area contributed by atoms with E-state index in [0.29, 0.717) is 12.5 Å². The van der Waals surface area contributed by atoms with Crippen LogP contribution in [-0.2, 0) is 4.74 Å². The topological polar surface area (TPSA) is 26.3 Å². The minimum atomic E-state index is 0.0644. The molecule has 17 heavy (non-hydrogen) atoms. The Morgan fingerprint density at radius 2 is 1.88 bits per heavy atom. The molecule has 0 N–H and O–H groups in total. The molecule has 0 spiro atoms. The fraction of sp³-hybridized carbons (Fsp3) is 0.533. The van der Waals surface area contributed by atoms with Crippen LogP contribution in [0.5, 0.6) is 0 Å². The Morgan fingerprint density at radius 1 is 1.24 bits per heavy atom. The third-order valence-electron chi connectivity index (χ3n) is 2.68. The highest BCUT2D eigenvalue weighted by Gasteiger charge is 2.05. The van der Waals surface area contributed by atoms with Gasteiger partial charge in [-0.25, -0.2) is 0 Å². The molecule has 2 nitrogen and oxygen atoms in total. The van der Waals surface area contributed by atoms with Gasteiger partial charge in [-0.3, -0.25) is 4.79 Å². The molecular formula is C15H22O2. The Bertz CT molecular complexity index is 338. The quantitative estimate of drug-likeness (QED) is 0.532. The molecule has 0 fully saturated rings. The van der Waals surface area contributed by atoms with Crippen LogP contribution in [0.1, 0.15) is 42.6 Å². The van der Waals surface area contributed by atoms with Crippen molar-refractivity contribution in [3.8, 4) is 0 Å². The summed E-state index contributed by atoms with van der Waals surface area (Å²) < 4.78 is 5.38. The zero-order valence-corrected chi connectivity index (χ0v) is 11.0. The number of hydrogen-bond acceptors (Lipinski definition) is 2. The van der Waals surface area contributed by atoms with Crippen molar-refractivity contribution < 1.29 is 9.53 Å². The fourth-order valence-electron chi connectivity index (χ4n) is 1.58. The summed E-state index contributed by atoms with van der Waals surface area (Å²) in [7, 11) is 0. The molecular weight excluding hydrogens is 212 g/mol. The third kappa shape index (κ3) is 5.64. The molecule has 0 atom stereocenters. The predicted molar refractivity (Wildman–Crippen MR) is 70.4 cm³/mol. The van der Waals surface area contributed by atoms with E-state index >= 15 is 0 Å². The second-order valence-corrected chi connectivity index (χ2v) is 4.88. The van der Waals surface area contributed by atoms with Crippen LogP contribution in [-0.4, -0.2) is 19.0 Å². The molecule has 0 radical (unpaired) electrons. The van der Waals surface area contributed by atoms with Gasteiger partial charge in [-0.15, -0.1) is 0 Å². The zero-order valence-electron chi connectivity index (χ0n) is 11.0. The van der Waals surface area contributed by atoms with Gasteiger partial charge in [0, 0.05) is 12.2 Å². The lowest BCUT2D eigenvalue weighted by molar-refractivity contribution is 0.0749. The number of hydrogen-bond donors (Lipinski definition) is 0. The minimum absolute atomic E-state index is 0.0644. The van der Waals surface area contributed by atoms with E-state index in [1.165, 1.54) is 5.56 Å². The number of ether oxygens (including phenoxy) is 1. The number of aryl methyl sites for hydroxylation is 1. The van der Waals surface area contributed by atoms with Crippen LogP contribution in [0.15, 0.2) is 24.3 Å². The van der Waals surface area contributed by atoms with Crippen molar-refractivity contribution >= 4 is 5.78 Å². The van der Waals surface area contributed by atoms with E-state index in [2.05, 4.69) is 13.8 Å². The first-order valence-electron chi connectivity index (χ1n) is 6.27. The normalized spacial score (nSPS) is 10.8. The fourth-order valence-corrected chi connectivity index (χ4v) is 1.58. The summed E-state index contributed by atoms with van der Waals surface area (Å²) in [6, 6.07) is 7.61. The molecule has 1 aromatic rings. The van der Waals surface area contributed by atoms with E-state index in [0.717, 1.165) is 18.4 Å². The molecule has 0 amide bonds. The zero-order chi connectivity index (χ0) is 12.7. The molecule has 0 aliphatic carbocycles. The molecule has 0 saturated heterocycles. The van der Waals surface area contributed by atoms with E-state index in [1.54, 1.807) is 0 Å². The Kier molecular flexibility index (Phi) is 5.92. The monoisotopic (exact) mass is 234 g/mol. The number of benzene rings is 1. The number of rotatable bonds is 7. The van der Waals surface area contributed by atoms with Crippen LogP contribution in [0.4, 0.5) is 0 Å². The maximum absolute atomic E-state index is 11.7. The van der Waals surface area contributed by atoms with E-state index in [4.69, 9.17) is 4.74 Å². The Hall–Kier alpha value is -1.15. The first-order chi connectivity index (χ1) is 8.09. The molecule has 0 aliphatic heterocycles. The largest absolute Gasteiger partial charge is 0.373 e. The van der Waals surface area contributed by atoms with Gasteiger partial charge in [0.2, 0.25) is 0 Å². The molecule has 1 aromatic carbocycles. The predicted octanol–water partition coefficient (Wildman–Crippen LogP) is 3.63. The van der Waals surface area contributed by atoms with Crippen molar-refractivity contribution in [2.24, 2.45) is 5.92 Å². The van der Waals surface area contributed by atoms with Crippen molar-refractivity contribution in [3.63, 3.8) is 0 Å². The lowest BCUT2D eigenvalue weighted by Gasteiger charge is -2.06. The van der Waals surface area contributed by atoms with Crippen LogP contribution in [0.2, 0.25) is 0 Å². The number of carbonyl (C=O) groups excluding carboxylic acids is 1. The molecule has 1 rings (SSSR count). The van der Waals surface area contributed by atoms with Gasteiger partial charge in [0.15, 0.2) is 5.78 Å². The van der Waals surface area contributed by atoms with Crippen molar-refractivity contribution in [3.05, 3.63) is 35.4 Å². The molecule has 0 bridgehead atoms. The molecule has 2 heteroatoms. The molecule has 0 aromatic heterocycles. The molecule has 0 unspecified atom stereocenters. The Morgan fingerprint density at radius 3 is 2.47 bits per heavy atom. The van der Waals surface area contributed by atoms with Gasteiger partial charge in [0.05, 0.1) is 0 Å². The van der Waals surface area contributed by atoms with Gasteiger partial charge < -0.3 is 4.74 Å². The first-order valence-corrected chi connectivity index (χ1v) is 6.27. The summed E-state index contributed by atoms with van der Waals surface area (Å²) in [4.78, 5) is 11.7. The molecule has 0 saturated carbocycles. The number of Topliss-reactive ketones (excluding diaryl/α,β-unsaturated/α-hetero) is 1. The Labute approximate surface area is 104 Å². The first kappa shape index (κ1) is 13.9. The second kappa shape index (κ2) is 7.23. The summed E-state index contributed by atoms with van der Waals surface area (Å²) in [5.41, 5.74) is 1.90. The number of carbonyl (C=O) groups is 1. The van der Waals surface area contributed by atoms with Crippen LogP contribution in [0.3, 0.4) is 0 Å². The highest BCUT2D eigenvalue weighted by Crippen LogP contribution is 2.06. The average molecular weight is 234 g/mol. The lowest BCUT2D eigenvalue weighted by atomic mass is 10.1. The van der Waals surface area contributed by atoms with E-state index < -0.39 is 0 Å². The maximum atomic E-state index is 11.7. The van der Waals surface area contributed by atoms with Crippen molar-refractivity contribution in [2.45, 2.75) is 33.6 Å². The summed E-state index contributed by atoms with van der Waals surface area (Å²) in [6.07, 6.45) is 2.18. The van der Waals surface area contributed by atoms with Gasteiger partial charge in [-0.2, -0.15) is 0 Å². The van der Waals surface area contributed by atoms with E-state index in [1.807, 2.05) is 31.2 Å². The average Bonchev–Trinajstić information content (AvgIpc) is 2.29. The molecule has 0 heterocycles. The van der Waals surface area contributed by atoms with Gasteiger partial charge >= 0.3 is 0 Å². The summed E-state index contributed by atoms with van der Waals surface area (Å²) in [5.74, 6) is 0.765.